The smallest absolute Gasteiger partial charge is 0.227 e. The Morgan fingerprint density at radius 2 is 2.15 bits per heavy atom. The highest BCUT2D eigenvalue weighted by atomic mass is 32.1. The largest absolute Gasteiger partial charge is 0.355 e. The maximum atomic E-state index is 11.6. The molecule has 1 fully saturated rings. The number of amides is 2. The van der Waals surface area contributed by atoms with Crippen LogP contribution in [0.25, 0.3) is 0 Å². The van der Waals surface area contributed by atoms with E-state index in [2.05, 4.69) is 15.6 Å². The monoisotopic (exact) mass is 295 g/mol. The standard InChI is InChI=1S/C13H17N3O3S/c1-7-5-9(7)12(19)14-4-3-11(18)16-13-15-10(6-20-13)8(2)17/h6-7,9H,3-5H2,1-2H3,(H,14,19)(H,15,16,18)/t7-,9+/m0/s1. The molecule has 108 valence electrons. The van der Waals surface area contributed by atoms with Gasteiger partial charge in [-0.15, -0.1) is 11.3 Å². The van der Waals surface area contributed by atoms with E-state index in [1.807, 2.05) is 6.92 Å². The highest BCUT2D eigenvalue weighted by molar-refractivity contribution is 7.14. The summed E-state index contributed by atoms with van der Waals surface area (Å²) in [5, 5.41) is 7.36. The van der Waals surface area contributed by atoms with E-state index < -0.39 is 0 Å². The van der Waals surface area contributed by atoms with Crippen molar-refractivity contribution in [3.05, 3.63) is 11.1 Å². The Labute approximate surface area is 121 Å². The van der Waals surface area contributed by atoms with Crippen LogP contribution in [0.2, 0.25) is 0 Å². The highest BCUT2D eigenvalue weighted by Crippen LogP contribution is 2.37. The van der Waals surface area contributed by atoms with E-state index in [1.54, 1.807) is 5.38 Å². The molecule has 20 heavy (non-hydrogen) atoms. The molecule has 7 heteroatoms. The summed E-state index contributed by atoms with van der Waals surface area (Å²) in [6, 6.07) is 0. The minimum atomic E-state index is -0.224. The van der Waals surface area contributed by atoms with Crippen LogP contribution in [0.15, 0.2) is 5.38 Å². The average Bonchev–Trinajstić information content (AvgIpc) is 2.92. The number of carbonyl (C=O) groups excluding carboxylic acids is 3. The lowest BCUT2D eigenvalue weighted by atomic mass is 10.3. The average molecular weight is 295 g/mol. The molecule has 2 amide bonds. The molecule has 1 saturated carbocycles. The predicted octanol–water partition coefficient (Wildman–Crippen LogP) is 1.45. The van der Waals surface area contributed by atoms with Crippen molar-refractivity contribution in [1.82, 2.24) is 10.3 Å². The Kier molecular flexibility index (Phi) is 4.49. The molecular formula is C13H17N3O3S. The van der Waals surface area contributed by atoms with E-state index in [-0.39, 0.29) is 29.9 Å². The molecule has 6 nitrogen and oxygen atoms in total. The zero-order valence-electron chi connectivity index (χ0n) is 11.4. The normalized spacial score (nSPS) is 20.3. The van der Waals surface area contributed by atoms with Gasteiger partial charge in [0.15, 0.2) is 10.9 Å². The second-order valence-electron chi connectivity index (χ2n) is 5.00. The van der Waals surface area contributed by atoms with Gasteiger partial charge in [-0.3, -0.25) is 14.4 Å². The van der Waals surface area contributed by atoms with Gasteiger partial charge in [0.05, 0.1) is 0 Å². The molecule has 0 aromatic carbocycles. The van der Waals surface area contributed by atoms with Crippen LogP contribution in [0.5, 0.6) is 0 Å². The van der Waals surface area contributed by atoms with Gasteiger partial charge in [0.25, 0.3) is 0 Å². The number of Topliss-reactive ketones (excluding diaryl/α,β-unsaturated/α-hetero) is 1. The molecule has 0 radical (unpaired) electrons. The molecule has 0 bridgehead atoms. The van der Waals surface area contributed by atoms with Crippen LogP contribution >= 0.6 is 11.3 Å². The molecule has 1 aromatic heterocycles. The van der Waals surface area contributed by atoms with Gasteiger partial charge in [-0.1, -0.05) is 6.92 Å². The number of nitrogens with zero attached hydrogens (tertiary/aromatic N) is 1. The zero-order chi connectivity index (χ0) is 14.7. The number of carbonyl (C=O) groups is 3. The molecule has 1 heterocycles. The van der Waals surface area contributed by atoms with Gasteiger partial charge in [-0.05, 0) is 12.3 Å². The molecule has 1 aliphatic rings. The molecule has 0 aliphatic heterocycles. The molecule has 0 unspecified atom stereocenters. The van der Waals surface area contributed by atoms with E-state index in [4.69, 9.17) is 0 Å². The van der Waals surface area contributed by atoms with Crippen LogP contribution in [0.3, 0.4) is 0 Å². The van der Waals surface area contributed by atoms with Crippen LogP contribution in [0.4, 0.5) is 5.13 Å². The molecule has 0 saturated heterocycles. The van der Waals surface area contributed by atoms with E-state index in [0.717, 1.165) is 6.42 Å². The zero-order valence-corrected chi connectivity index (χ0v) is 12.3. The molecular weight excluding hydrogens is 278 g/mol. The van der Waals surface area contributed by atoms with E-state index >= 15 is 0 Å². The molecule has 2 atom stereocenters. The Morgan fingerprint density at radius 3 is 2.70 bits per heavy atom. The fraction of sp³-hybridized carbons (Fsp3) is 0.538. The van der Waals surface area contributed by atoms with Gasteiger partial charge in [0.2, 0.25) is 11.8 Å². The van der Waals surface area contributed by atoms with Crippen molar-refractivity contribution in [1.29, 1.82) is 0 Å². The third kappa shape index (κ3) is 3.86. The quantitative estimate of drug-likeness (QED) is 0.777. The topological polar surface area (TPSA) is 88.2 Å². The van der Waals surface area contributed by atoms with Crippen LogP contribution < -0.4 is 10.6 Å². The van der Waals surface area contributed by atoms with Crippen LogP contribution in [-0.2, 0) is 9.59 Å². The van der Waals surface area contributed by atoms with E-state index in [9.17, 15) is 14.4 Å². The van der Waals surface area contributed by atoms with E-state index in [0.29, 0.717) is 23.3 Å². The second kappa shape index (κ2) is 6.13. The van der Waals surface area contributed by atoms with Crippen LogP contribution in [0, 0.1) is 11.8 Å². The number of thiazole rings is 1. The maximum Gasteiger partial charge on any atom is 0.227 e. The number of nitrogens with one attached hydrogen (secondary N) is 2. The van der Waals surface area contributed by atoms with Crippen molar-refractivity contribution in [3.63, 3.8) is 0 Å². The number of aromatic nitrogens is 1. The molecule has 0 spiro atoms. The predicted molar refractivity (Wildman–Crippen MR) is 75.6 cm³/mol. The number of rotatable bonds is 6. The SMILES string of the molecule is CC(=O)c1csc(NC(=O)CCNC(=O)[C@@H]2C[C@@H]2C)n1. The molecule has 2 rings (SSSR count). The van der Waals surface area contributed by atoms with Gasteiger partial charge in [0, 0.05) is 31.2 Å². The van der Waals surface area contributed by atoms with Crippen LogP contribution in [0.1, 0.15) is 37.2 Å². The summed E-state index contributed by atoms with van der Waals surface area (Å²) in [6.45, 7) is 3.78. The number of hydrogen-bond acceptors (Lipinski definition) is 5. The van der Waals surface area contributed by atoms with Gasteiger partial charge in [-0.25, -0.2) is 4.98 Å². The summed E-state index contributed by atoms with van der Waals surface area (Å²) >= 11 is 1.21. The van der Waals surface area contributed by atoms with Crippen molar-refractivity contribution < 1.29 is 14.4 Å². The summed E-state index contributed by atoms with van der Waals surface area (Å²) in [5.74, 6) is 0.254. The molecule has 1 aromatic rings. The Hall–Kier alpha value is -1.76. The first-order chi connectivity index (χ1) is 9.47. The summed E-state index contributed by atoms with van der Waals surface area (Å²) < 4.78 is 0. The fourth-order valence-corrected chi connectivity index (χ4v) is 2.56. The first-order valence-electron chi connectivity index (χ1n) is 6.51. The third-order valence-electron chi connectivity index (χ3n) is 3.21. The van der Waals surface area contributed by atoms with Gasteiger partial charge >= 0.3 is 0 Å². The first kappa shape index (κ1) is 14.6. The van der Waals surface area contributed by atoms with E-state index in [1.165, 1.54) is 18.3 Å². The Morgan fingerprint density at radius 1 is 1.45 bits per heavy atom. The lowest BCUT2D eigenvalue weighted by Crippen LogP contribution is -2.29. The summed E-state index contributed by atoms with van der Waals surface area (Å²) in [7, 11) is 0. The van der Waals surface area contributed by atoms with Crippen molar-refractivity contribution in [2.75, 3.05) is 11.9 Å². The minimum absolute atomic E-state index is 0.0263. The number of anilines is 1. The highest BCUT2D eigenvalue weighted by Gasteiger charge is 2.38. The first-order valence-corrected chi connectivity index (χ1v) is 7.39. The Balaban J connectivity index is 1.69. The van der Waals surface area contributed by atoms with Crippen molar-refractivity contribution >= 4 is 34.1 Å². The summed E-state index contributed by atoms with van der Waals surface area (Å²) in [6.07, 6.45) is 1.13. The lowest BCUT2D eigenvalue weighted by Gasteiger charge is -2.04. The fourth-order valence-electron chi connectivity index (χ4n) is 1.79. The van der Waals surface area contributed by atoms with Crippen molar-refractivity contribution in [2.24, 2.45) is 11.8 Å². The number of hydrogen-bond donors (Lipinski definition) is 2. The Bertz CT molecular complexity index is 541. The summed E-state index contributed by atoms with van der Waals surface area (Å²) in [5.41, 5.74) is 0.348. The van der Waals surface area contributed by atoms with Crippen molar-refractivity contribution in [3.8, 4) is 0 Å². The van der Waals surface area contributed by atoms with Gasteiger partial charge in [0.1, 0.15) is 5.69 Å². The maximum absolute atomic E-state index is 11.6. The minimum Gasteiger partial charge on any atom is -0.355 e. The van der Waals surface area contributed by atoms with Crippen molar-refractivity contribution in [2.45, 2.75) is 26.7 Å². The molecule has 1 aliphatic carbocycles. The third-order valence-corrected chi connectivity index (χ3v) is 3.97. The van der Waals surface area contributed by atoms with Gasteiger partial charge < -0.3 is 10.6 Å². The van der Waals surface area contributed by atoms with Crippen LogP contribution in [-0.4, -0.2) is 29.1 Å². The molecule has 2 N–H and O–H groups in total. The second-order valence-corrected chi connectivity index (χ2v) is 5.86. The lowest BCUT2D eigenvalue weighted by molar-refractivity contribution is -0.122. The van der Waals surface area contributed by atoms with Gasteiger partial charge in [-0.2, -0.15) is 0 Å². The summed E-state index contributed by atoms with van der Waals surface area (Å²) in [4.78, 5) is 38.2. The number of ketones is 1.